The smallest absolute Gasteiger partial charge is 0.217 e. The molecular weight excluding hydrogens is 202 g/mol. The minimum atomic E-state index is -0.307. The lowest BCUT2D eigenvalue weighted by molar-refractivity contribution is -0.120. The van der Waals surface area contributed by atoms with Gasteiger partial charge in [0.1, 0.15) is 0 Å². The molecule has 0 bridgehead atoms. The summed E-state index contributed by atoms with van der Waals surface area (Å²) in [5, 5.41) is 11.9. The fraction of sp³-hybridized carbons (Fsp3) is 0.462. The highest BCUT2D eigenvalue weighted by Gasteiger charge is 2.11. The molecule has 1 unspecified atom stereocenters. The second-order valence-electron chi connectivity index (χ2n) is 4.26. The molecule has 0 aliphatic carbocycles. The van der Waals surface area contributed by atoms with Gasteiger partial charge >= 0.3 is 0 Å². The molecule has 3 heteroatoms. The number of nitrogens with one attached hydrogen (secondary N) is 1. The van der Waals surface area contributed by atoms with Gasteiger partial charge in [-0.05, 0) is 17.0 Å². The predicted octanol–water partition coefficient (Wildman–Crippen LogP) is 1.98. The van der Waals surface area contributed by atoms with Crippen LogP contribution in [0.25, 0.3) is 0 Å². The first kappa shape index (κ1) is 12.7. The molecule has 0 aliphatic rings. The molecule has 3 nitrogen and oxygen atoms in total. The SMILES string of the molecule is CC(=O)NC(CO)c1ccc(C(C)C)cc1. The Bertz CT molecular complexity index is 343. The van der Waals surface area contributed by atoms with Gasteiger partial charge in [0.05, 0.1) is 12.6 Å². The standard InChI is InChI=1S/C13H19NO2/c1-9(2)11-4-6-12(7-5-11)13(8-15)14-10(3)16/h4-7,9,13,15H,8H2,1-3H3,(H,14,16). The van der Waals surface area contributed by atoms with Crippen molar-refractivity contribution in [2.24, 2.45) is 0 Å². The average molecular weight is 221 g/mol. The summed E-state index contributed by atoms with van der Waals surface area (Å²) in [4.78, 5) is 10.9. The van der Waals surface area contributed by atoms with Crippen LogP contribution in [0.1, 0.15) is 43.9 Å². The zero-order chi connectivity index (χ0) is 12.1. The van der Waals surface area contributed by atoms with Crippen molar-refractivity contribution in [1.82, 2.24) is 5.32 Å². The van der Waals surface area contributed by atoms with Crippen LogP contribution in [-0.2, 0) is 4.79 Å². The summed E-state index contributed by atoms with van der Waals surface area (Å²) >= 11 is 0. The fourth-order valence-corrected chi connectivity index (χ4v) is 1.59. The van der Waals surface area contributed by atoms with E-state index in [2.05, 4.69) is 19.2 Å². The maximum Gasteiger partial charge on any atom is 0.217 e. The predicted molar refractivity (Wildman–Crippen MR) is 64.2 cm³/mol. The molecule has 1 aromatic carbocycles. The summed E-state index contributed by atoms with van der Waals surface area (Å²) in [6.07, 6.45) is 0. The first-order chi connectivity index (χ1) is 7.54. The van der Waals surface area contributed by atoms with Crippen molar-refractivity contribution in [3.63, 3.8) is 0 Å². The molecular formula is C13H19NO2. The van der Waals surface area contributed by atoms with Crippen molar-refractivity contribution in [3.05, 3.63) is 35.4 Å². The van der Waals surface area contributed by atoms with Crippen LogP contribution in [0.5, 0.6) is 0 Å². The Balaban J connectivity index is 2.82. The maximum atomic E-state index is 10.9. The third-order valence-electron chi connectivity index (χ3n) is 2.57. The van der Waals surface area contributed by atoms with Crippen LogP contribution >= 0.6 is 0 Å². The van der Waals surface area contributed by atoms with Crippen molar-refractivity contribution in [2.45, 2.75) is 32.7 Å². The van der Waals surface area contributed by atoms with Gasteiger partial charge in [-0.25, -0.2) is 0 Å². The minimum absolute atomic E-state index is 0.0827. The summed E-state index contributed by atoms with van der Waals surface area (Å²) in [5.41, 5.74) is 2.19. The summed E-state index contributed by atoms with van der Waals surface area (Å²) in [6.45, 7) is 5.63. The molecule has 0 radical (unpaired) electrons. The average Bonchev–Trinajstić information content (AvgIpc) is 2.25. The van der Waals surface area contributed by atoms with E-state index in [0.717, 1.165) is 5.56 Å². The van der Waals surface area contributed by atoms with E-state index in [0.29, 0.717) is 5.92 Å². The summed E-state index contributed by atoms with van der Waals surface area (Å²) in [5.74, 6) is 0.356. The zero-order valence-corrected chi connectivity index (χ0v) is 10.0. The largest absolute Gasteiger partial charge is 0.394 e. The van der Waals surface area contributed by atoms with Crippen molar-refractivity contribution >= 4 is 5.91 Å². The third kappa shape index (κ3) is 3.35. The van der Waals surface area contributed by atoms with E-state index in [9.17, 15) is 9.90 Å². The molecule has 16 heavy (non-hydrogen) atoms. The highest BCUT2D eigenvalue weighted by atomic mass is 16.3. The minimum Gasteiger partial charge on any atom is -0.394 e. The number of carbonyl (C=O) groups excluding carboxylic acids is 1. The molecule has 0 spiro atoms. The topological polar surface area (TPSA) is 49.3 Å². The van der Waals surface area contributed by atoms with Crippen LogP contribution in [0.3, 0.4) is 0 Å². The molecule has 0 aliphatic heterocycles. The third-order valence-corrected chi connectivity index (χ3v) is 2.57. The lowest BCUT2D eigenvalue weighted by Crippen LogP contribution is -2.28. The number of aliphatic hydroxyl groups is 1. The van der Waals surface area contributed by atoms with Gasteiger partial charge < -0.3 is 10.4 Å². The number of hydrogen-bond donors (Lipinski definition) is 2. The van der Waals surface area contributed by atoms with E-state index in [1.807, 2.05) is 24.3 Å². The second-order valence-corrected chi connectivity index (χ2v) is 4.26. The first-order valence-corrected chi connectivity index (χ1v) is 5.52. The second kappa shape index (κ2) is 5.66. The van der Waals surface area contributed by atoms with Crippen molar-refractivity contribution < 1.29 is 9.90 Å². The number of carbonyl (C=O) groups is 1. The highest BCUT2D eigenvalue weighted by molar-refractivity contribution is 5.73. The summed E-state index contributed by atoms with van der Waals surface area (Å²) in [6, 6.07) is 7.66. The lowest BCUT2D eigenvalue weighted by Gasteiger charge is -2.16. The number of hydrogen-bond acceptors (Lipinski definition) is 2. The lowest BCUT2D eigenvalue weighted by atomic mass is 9.99. The molecule has 1 aromatic rings. The molecule has 0 saturated heterocycles. The number of aliphatic hydroxyl groups excluding tert-OH is 1. The van der Waals surface area contributed by atoms with Gasteiger partial charge in [0.25, 0.3) is 0 Å². The van der Waals surface area contributed by atoms with Gasteiger partial charge in [-0.1, -0.05) is 38.1 Å². The van der Waals surface area contributed by atoms with Gasteiger partial charge in [0.2, 0.25) is 5.91 Å². The molecule has 0 heterocycles. The van der Waals surface area contributed by atoms with Crippen LogP contribution in [0.15, 0.2) is 24.3 Å². The van der Waals surface area contributed by atoms with E-state index in [1.165, 1.54) is 12.5 Å². The van der Waals surface area contributed by atoms with E-state index >= 15 is 0 Å². The van der Waals surface area contributed by atoms with E-state index in [4.69, 9.17) is 0 Å². The normalized spacial score (nSPS) is 12.6. The fourth-order valence-electron chi connectivity index (χ4n) is 1.59. The first-order valence-electron chi connectivity index (χ1n) is 5.52. The van der Waals surface area contributed by atoms with Gasteiger partial charge in [0.15, 0.2) is 0 Å². The monoisotopic (exact) mass is 221 g/mol. The Morgan fingerprint density at radius 3 is 2.12 bits per heavy atom. The van der Waals surface area contributed by atoms with Gasteiger partial charge in [-0.2, -0.15) is 0 Å². The molecule has 1 amide bonds. The van der Waals surface area contributed by atoms with Gasteiger partial charge in [0, 0.05) is 6.92 Å². The maximum absolute atomic E-state index is 10.9. The Morgan fingerprint density at radius 2 is 1.75 bits per heavy atom. The van der Waals surface area contributed by atoms with Gasteiger partial charge in [-0.3, -0.25) is 4.79 Å². The van der Waals surface area contributed by atoms with Crippen LogP contribution in [0, 0.1) is 0 Å². The van der Waals surface area contributed by atoms with Crippen LogP contribution in [-0.4, -0.2) is 17.6 Å². The Kier molecular flexibility index (Phi) is 4.50. The zero-order valence-electron chi connectivity index (χ0n) is 10.0. The van der Waals surface area contributed by atoms with Crippen molar-refractivity contribution in [2.75, 3.05) is 6.61 Å². The molecule has 0 saturated carbocycles. The Morgan fingerprint density at radius 1 is 1.25 bits per heavy atom. The molecule has 2 N–H and O–H groups in total. The molecule has 0 fully saturated rings. The quantitative estimate of drug-likeness (QED) is 0.816. The highest BCUT2D eigenvalue weighted by Crippen LogP contribution is 2.18. The van der Waals surface area contributed by atoms with E-state index in [1.54, 1.807) is 0 Å². The number of benzene rings is 1. The van der Waals surface area contributed by atoms with Crippen molar-refractivity contribution in [1.29, 1.82) is 0 Å². The van der Waals surface area contributed by atoms with E-state index in [-0.39, 0.29) is 18.6 Å². The van der Waals surface area contributed by atoms with Crippen molar-refractivity contribution in [3.8, 4) is 0 Å². The van der Waals surface area contributed by atoms with Crippen LogP contribution < -0.4 is 5.32 Å². The van der Waals surface area contributed by atoms with Gasteiger partial charge in [-0.15, -0.1) is 0 Å². The van der Waals surface area contributed by atoms with Crippen LogP contribution in [0.2, 0.25) is 0 Å². The molecule has 88 valence electrons. The number of rotatable bonds is 4. The Hall–Kier alpha value is -1.35. The number of amides is 1. The Labute approximate surface area is 96.5 Å². The summed E-state index contributed by atoms with van der Waals surface area (Å²) < 4.78 is 0. The molecule has 1 rings (SSSR count). The van der Waals surface area contributed by atoms with E-state index < -0.39 is 0 Å². The molecule has 0 aromatic heterocycles. The van der Waals surface area contributed by atoms with Crippen LogP contribution in [0.4, 0.5) is 0 Å². The molecule has 1 atom stereocenters. The summed E-state index contributed by atoms with van der Waals surface area (Å²) in [7, 11) is 0.